The van der Waals surface area contributed by atoms with Gasteiger partial charge in [-0.1, -0.05) is 43.2 Å². The lowest BCUT2D eigenvalue weighted by Crippen LogP contribution is -2.35. The van der Waals surface area contributed by atoms with Gasteiger partial charge in [-0.15, -0.1) is 10.2 Å². The molecule has 1 aromatic heterocycles. The van der Waals surface area contributed by atoms with Crippen molar-refractivity contribution >= 4 is 21.5 Å². The van der Waals surface area contributed by atoms with E-state index < -0.39 is 15.6 Å². The van der Waals surface area contributed by atoms with Gasteiger partial charge in [-0.3, -0.25) is 9.10 Å². The van der Waals surface area contributed by atoms with Crippen molar-refractivity contribution in [1.29, 1.82) is 0 Å². The molecule has 3 aromatic rings. The Bertz CT molecular complexity index is 1280. The van der Waals surface area contributed by atoms with Gasteiger partial charge in [0.25, 0.3) is 0 Å². The van der Waals surface area contributed by atoms with Gasteiger partial charge in [-0.25, -0.2) is 8.42 Å². The van der Waals surface area contributed by atoms with Crippen molar-refractivity contribution in [2.75, 3.05) is 17.6 Å². The molecule has 0 amide bonds. The molecule has 34 heavy (non-hydrogen) atoms. The summed E-state index contributed by atoms with van der Waals surface area (Å²) >= 11 is 0. The van der Waals surface area contributed by atoms with Crippen LogP contribution in [0.2, 0.25) is 0 Å². The SMILES string of the molecule is CN(c1cc(C(=O)C2CCCC2)cc(-c2nnc([C@@](C)(N)Cc3ccccc3)o2)c1)S(C)(=O)=O. The lowest BCUT2D eigenvalue weighted by molar-refractivity contribution is 0.0923. The largest absolute Gasteiger partial charge is 0.419 e. The van der Waals surface area contributed by atoms with Crippen LogP contribution in [0.1, 0.15) is 54.4 Å². The molecule has 9 heteroatoms. The Morgan fingerprint density at radius 2 is 1.82 bits per heavy atom. The summed E-state index contributed by atoms with van der Waals surface area (Å²) in [5.41, 5.74) is 7.93. The number of aromatic nitrogens is 2. The summed E-state index contributed by atoms with van der Waals surface area (Å²) in [6.07, 6.45) is 5.35. The summed E-state index contributed by atoms with van der Waals surface area (Å²) in [7, 11) is -2.08. The molecule has 1 aliphatic carbocycles. The minimum atomic E-state index is -3.53. The van der Waals surface area contributed by atoms with Crippen LogP contribution in [0.4, 0.5) is 5.69 Å². The normalized spacial score (nSPS) is 16.4. The maximum Gasteiger partial charge on any atom is 0.247 e. The highest BCUT2D eigenvalue weighted by Crippen LogP contribution is 2.33. The van der Waals surface area contributed by atoms with Crippen LogP contribution in [0.5, 0.6) is 0 Å². The number of hydrogen-bond donors (Lipinski definition) is 1. The molecule has 1 saturated carbocycles. The van der Waals surface area contributed by atoms with Crippen LogP contribution in [0.15, 0.2) is 52.9 Å². The molecule has 0 unspecified atom stereocenters. The first-order valence-corrected chi connectivity index (χ1v) is 13.2. The third-order valence-electron chi connectivity index (χ3n) is 6.36. The second-order valence-electron chi connectivity index (χ2n) is 9.34. The number of benzene rings is 2. The van der Waals surface area contributed by atoms with E-state index in [9.17, 15) is 13.2 Å². The topological polar surface area (TPSA) is 119 Å². The highest BCUT2D eigenvalue weighted by Gasteiger charge is 2.30. The van der Waals surface area contributed by atoms with Crippen molar-refractivity contribution in [3.63, 3.8) is 0 Å². The highest BCUT2D eigenvalue weighted by molar-refractivity contribution is 7.92. The maximum atomic E-state index is 13.2. The molecule has 180 valence electrons. The Hall–Kier alpha value is -3.04. The van der Waals surface area contributed by atoms with Crippen LogP contribution in [0.25, 0.3) is 11.5 Å². The second kappa shape index (κ2) is 9.31. The van der Waals surface area contributed by atoms with E-state index in [1.54, 1.807) is 18.2 Å². The zero-order valence-electron chi connectivity index (χ0n) is 19.7. The van der Waals surface area contributed by atoms with Gasteiger partial charge in [0.05, 0.1) is 17.5 Å². The third-order valence-corrected chi connectivity index (χ3v) is 7.57. The fraction of sp³-hybridized carbons (Fsp3) is 0.400. The first kappa shape index (κ1) is 24.1. The Kier molecular flexibility index (Phi) is 6.60. The molecule has 0 saturated heterocycles. The number of ketones is 1. The Labute approximate surface area is 200 Å². The van der Waals surface area contributed by atoms with E-state index in [-0.39, 0.29) is 23.5 Å². The van der Waals surface area contributed by atoms with Gasteiger partial charge in [0, 0.05) is 24.1 Å². The molecule has 2 N–H and O–H groups in total. The lowest BCUT2D eigenvalue weighted by Gasteiger charge is -2.20. The number of nitrogens with two attached hydrogens (primary N) is 1. The van der Waals surface area contributed by atoms with Crippen molar-refractivity contribution in [3.8, 4) is 11.5 Å². The van der Waals surface area contributed by atoms with Crippen molar-refractivity contribution in [1.82, 2.24) is 10.2 Å². The quantitative estimate of drug-likeness (QED) is 0.483. The third kappa shape index (κ3) is 5.20. The fourth-order valence-electron chi connectivity index (χ4n) is 4.34. The van der Waals surface area contributed by atoms with Crippen molar-refractivity contribution in [2.24, 2.45) is 11.7 Å². The fourth-order valence-corrected chi connectivity index (χ4v) is 4.83. The number of nitrogens with zero attached hydrogens (tertiary/aromatic N) is 3. The molecule has 1 heterocycles. The summed E-state index contributed by atoms with van der Waals surface area (Å²) in [6.45, 7) is 1.82. The summed E-state index contributed by atoms with van der Waals surface area (Å²) in [5.74, 6) is 0.402. The molecule has 0 aliphatic heterocycles. The first-order valence-electron chi connectivity index (χ1n) is 11.3. The molecule has 1 aliphatic rings. The summed E-state index contributed by atoms with van der Waals surface area (Å²) in [4.78, 5) is 13.2. The van der Waals surface area contributed by atoms with Gasteiger partial charge < -0.3 is 10.2 Å². The molecule has 8 nitrogen and oxygen atoms in total. The van der Waals surface area contributed by atoms with Crippen LogP contribution in [-0.4, -0.2) is 37.7 Å². The van der Waals surface area contributed by atoms with E-state index in [2.05, 4.69) is 10.2 Å². The predicted octanol–water partition coefficient (Wildman–Crippen LogP) is 3.92. The van der Waals surface area contributed by atoms with Gasteiger partial charge in [-0.2, -0.15) is 0 Å². The Balaban J connectivity index is 1.71. The van der Waals surface area contributed by atoms with Crippen LogP contribution in [-0.2, 0) is 22.0 Å². The van der Waals surface area contributed by atoms with Crippen LogP contribution in [0, 0.1) is 5.92 Å². The predicted molar refractivity (Wildman–Crippen MR) is 131 cm³/mol. The molecular formula is C25H30N4O4S. The number of Topliss-reactive ketones (excluding diaryl/α,β-unsaturated/α-hetero) is 1. The van der Waals surface area contributed by atoms with Gasteiger partial charge in [0.1, 0.15) is 0 Å². The van der Waals surface area contributed by atoms with Crippen LogP contribution in [0.3, 0.4) is 0 Å². The molecule has 0 bridgehead atoms. The molecular weight excluding hydrogens is 452 g/mol. The zero-order chi connectivity index (χ0) is 24.5. The van der Waals surface area contributed by atoms with E-state index in [4.69, 9.17) is 10.2 Å². The van der Waals surface area contributed by atoms with Crippen LogP contribution < -0.4 is 10.0 Å². The van der Waals surface area contributed by atoms with Gasteiger partial charge in [0.2, 0.25) is 21.8 Å². The first-order chi connectivity index (χ1) is 16.0. The average molecular weight is 483 g/mol. The molecule has 0 radical (unpaired) electrons. The molecule has 1 atom stereocenters. The molecule has 2 aromatic carbocycles. The zero-order valence-corrected chi connectivity index (χ0v) is 20.5. The molecule has 0 spiro atoms. The highest BCUT2D eigenvalue weighted by atomic mass is 32.2. The van der Waals surface area contributed by atoms with E-state index in [0.29, 0.717) is 23.2 Å². The monoisotopic (exact) mass is 482 g/mol. The number of rotatable bonds is 8. The number of sulfonamides is 1. The van der Waals surface area contributed by atoms with E-state index >= 15 is 0 Å². The van der Waals surface area contributed by atoms with Crippen molar-refractivity contribution < 1.29 is 17.6 Å². The number of hydrogen-bond acceptors (Lipinski definition) is 7. The van der Waals surface area contributed by atoms with Gasteiger partial charge in [-0.05, 0) is 49.9 Å². The molecule has 1 fully saturated rings. The number of carbonyl (C=O) groups is 1. The summed E-state index contributed by atoms with van der Waals surface area (Å²) < 4.78 is 31.5. The standard InChI is InChI=1S/C25H30N4O4S/c1-25(26,16-17-9-5-4-6-10-17)24-28-27-23(33-24)20-13-19(22(30)18-11-7-8-12-18)14-21(15-20)29(2)34(3,31)32/h4-6,9-10,13-15,18H,7-8,11-12,16,26H2,1-3H3/t25-/m0/s1. The molecule has 4 rings (SSSR count). The average Bonchev–Trinajstić information content (AvgIpc) is 3.50. The van der Waals surface area contributed by atoms with Crippen LogP contribution >= 0.6 is 0 Å². The van der Waals surface area contributed by atoms with E-state index in [1.807, 2.05) is 37.3 Å². The Morgan fingerprint density at radius 3 is 2.47 bits per heavy atom. The van der Waals surface area contributed by atoms with Gasteiger partial charge in [0.15, 0.2) is 5.78 Å². The van der Waals surface area contributed by atoms with E-state index in [0.717, 1.165) is 41.8 Å². The maximum absolute atomic E-state index is 13.2. The van der Waals surface area contributed by atoms with E-state index in [1.165, 1.54) is 7.05 Å². The minimum absolute atomic E-state index is 0.00924. The second-order valence-corrected chi connectivity index (χ2v) is 11.4. The Morgan fingerprint density at radius 1 is 1.15 bits per heavy atom. The summed E-state index contributed by atoms with van der Waals surface area (Å²) in [6, 6.07) is 14.7. The summed E-state index contributed by atoms with van der Waals surface area (Å²) in [5, 5.41) is 8.36. The smallest absolute Gasteiger partial charge is 0.247 e. The number of carbonyl (C=O) groups excluding carboxylic acids is 1. The number of anilines is 1. The van der Waals surface area contributed by atoms with Crippen molar-refractivity contribution in [3.05, 3.63) is 65.5 Å². The van der Waals surface area contributed by atoms with Gasteiger partial charge >= 0.3 is 0 Å². The van der Waals surface area contributed by atoms with Crippen molar-refractivity contribution in [2.45, 2.75) is 44.6 Å². The lowest BCUT2D eigenvalue weighted by atomic mass is 9.94. The minimum Gasteiger partial charge on any atom is -0.419 e.